The molecule has 8 heteroatoms. The van der Waals surface area contributed by atoms with Crippen LogP contribution in [0.25, 0.3) is 0 Å². The topological polar surface area (TPSA) is 92.2 Å². The van der Waals surface area contributed by atoms with Gasteiger partial charge in [0, 0.05) is 37.0 Å². The van der Waals surface area contributed by atoms with Crippen molar-refractivity contribution >= 4 is 23.3 Å². The van der Waals surface area contributed by atoms with Gasteiger partial charge < -0.3 is 15.5 Å². The lowest BCUT2D eigenvalue weighted by Crippen LogP contribution is -2.45. The van der Waals surface area contributed by atoms with Crippen LogP contribution in [-0.2, 0) is 12.5 Å². The standard InChI is InChI=1S/C23H26N6O2/c1-23(2,3)18-13-17(29(5)27-18)22(31)25-16-11-7-6-9-14(16)20-26-21(30)15-10-8-12-24-19(15)28(20)4/h6-13,20H,1-5H3,(H,25,31)(H,26,30). The Labute approximate surface area is 181 Å². The van der Waals surface area contributed by atoms with E-state index in [1.54, 1.807) is 30.1 Å². The zero-order valence-electron chi connectivity index (χ0n) is 18.3. The number of carbonyl (C=O) groups excluding carboxylic acids is 2. The van der Waals surface area contributed by atoms with Gasteiger partial charge >= 0.3 is 0 Å². The van der Waals surface area contributed by atoms with Crippen molar-refractivity contribution in [2.75, 3.05) is 17.3 Å². The summed E-state index contributed by atoms with van der Waals surface area (Å²) in [5.41, 5.74) is 3.04. The third kappa shape index (κ3) is 3.76. The molecule has 4 rings (SSSR count). The predicted octanol–water partition coefficient (Wildman–Crippen LogP) is 3.24. The summed E-state index contributed by atoms with van der Waals surface area (Å²) < 4.78 is 1.59. The number of amides is 2. The fourth-order valence-electron chi connectivity index (χ4n) is 3.64. The quantitative estimate of drug-likeness (QED) is 0.681. The molecule has 31 heavy (non-hydrogen) atoms. The maximum atomic E-state index is 13.1. The van der Waals surface area contributed by atoms with Gasteiger partial charge in [-0.05, 0) is 24.3 Å². The summed E-state index contributed by atoms with van der Waals surface area (Å²) >= 11 is 0. The molecule has 0 spiro atoms. The Morgan fingerprint density at radius 3 is 2.58 bits per heavy atom. The second-order valence-corrected chi connectivity index (χ2v) is 8.69. The highest BCUT2D eigenvalue weighted by Crippen LogP contribution is 2.33. The molecule has 2 amide bonds. The Morgan fingerprint density at radius 1 is 1.13 bits per heavy atom. The normalized spacial score (nSPS) is 16.0. The van der Waals surface area contributed by atoms with E-state index in [4.69, 9.17) is 0 Å². The van der Waals surface area contributed by atoms with Crippen LogP contribution in [0, 0.1) is 0 Å². The molecule has 0 saturated carbocycles. The molecule has 1 aliphatic rings. The first-order valence-corrected chi connectivity index (χ1v) is 10.1. The number of hydrogen-bond acceptors (Lipinski definition) is 5. The summed E-state index contributed by atoms with van der Waals surface area (Å²) in [7, 11) is 3.62. The van der Waals surface area contributed by atoms with E-state index in [-0.39, 0.29) is 17.2 Å². The van der Waals surface area contributed by atoms with Gasteiger partial charge in [-0.25, -0.2) is 4.98 Å². The molecule has 0 radical (unpaired) electrons. The molecule has 0 saturated heterocycles. The van der Waals surface area contributed by atoms with Crippen LogP contribution in [0.15, 0.2) is 48.7 Å². The number of para-hydroxylation sites is 1. The van der Waals surface area contributed by atoms with Gasteiger partial charge in [-0.2, -0.15) is 5.10 Å². The summed E-state index contributed by atoms with van der Waals surface area (Å²) in [6.45, 7) is 6.17. The summed E-state index contributed by atoms with van der Waals surface area (Å²) in [6, 6.07) is 12.7. The molecule has 1 unspecified atom stereocenters. The molecule has 160 valence electrons. The average molecular weight is 419 g/mol. The summed E-state index contributed by atoms with van der Waals surface area (Å²) in [4.78, 5) is 32.0. The van der Waals surface area contributed by atoms with E-state index in [2.05, 4.69) is 41.5 Å². The Kier molecular flexibility index (Phi) is 5.00. The van der Waals surface area contributed by atoms with Gasteiger partial charge in [0.05, 0.1) is 11.3 Å². The van der Waals surface area contributed by atoms with Crippen LogP contribution < -0.4 is 15.5 Å². The Balaban J connectivity index is 1.65. The minimum Gasteiger partial charge on any atom is -0.335 e. The van der Waals surface area contributed by atoms with Crippen molar-refractivity contribution in [1.29, 1.82) is 0 Å². The number of nitrogens with zero attached hydrogens (tertiary/aromatic N) is 4. The van der Waals surface area contributed by atoms with Crippen molar-refractivity contribution in [2.24, 2.45) is 7.05 Å². The molecular weight excluding hydrogens is 392 g/mol. The lowest BCUT2D eigenvalue weighted by Gasteiger charge is -2.36. The van der Waals surface area contributed by atoms with Crippen LogP contribution in [0.5, 0.6) is 0 Å². The van der Waals surface area contributed by atoms with Crippen LogP contribution in [0.1, 0.15) is 59.0 Å². The highest BCUT2D eigenvalue weighted by atomic mass is 16.2. The largest absolute Gasteiger partial charge is 0.335 e. The number of nitrogens with one attached hydrogen (secondary N) is 2. The van der Waals surface area contributed by atoms with Gasteiger partial charge in [-0.15, -0.1) is 0 Å². The molecule has 1 aromatic carbocycles. The fraction of sp³-hybridized carbons (Fsp3) is 0.304. The molecule has 1 aliphatic heterocycles. The molecule has 3 aromatic rings. The summed E-state index contributed by atoms with van der Waals surface area (Å²) in [5, 5.41) is 10.5. The Morgan fingerprint density at radius 2 is 1.87 bits per heavy atom. The monoisotopic (exact) mass is 418 g/mol. The molecule has 2 aromatic heterocycles. The van der Waals surface area contributed by atoms with E-state index in [0.29, 0.717) is 22.8 Å². The van der Waals surface area contributed by atoms with E-state index in [1.165, 1.54) is 0 Å². The zero-order valence-corrected chi connectivity index (χ0v) is 18.3. The number of carbonyl (C=O) groups is 2. The first-order valence-electron chi connectivity index (χ1n) is 10.1. The SMILES string of the molecule is CN1c2ncccc2C(=O)NC1c1ccccc1NC(=O)c1cc(C(C)(C)C)nn1C. The molecule has 3 heterocycles. The van der Waals surface area contributed by atoms with Crippen molar-refractivity contribution < 1.29 is 9.59 Å². The average Bonchev–Trinajstić information content (AvgIpc) is 3.14. The molecule has 8 nitrogen and oxygen atoms in total. The first kappa shape index (κ1) is 20.6. The Hall–Kier alpha value is -3.68. The molecule has 0 bridgehead atoms. The minimum absolute atomic E-state index is 0.163. The van der Waals surface area contributed by atoms with Crippen LogP contribution >= 0.6 is 0 Å². The number of aryl methyl sites for hydroxylation is 1. The third-order valence-corrected chi connectivity index (χ3v) is 5.40. The fourth-order valence-corrected chi connectivity index (χ4v) is 3.64. The predicted molar refractivity (Wildman–Crippen MR) is 119 cm³/mol. The summed E-state index contributed by atoms with van der Waals surface area (Å²) in [6.07, 6.45) is 1.19. The smallest absolute Gasteiger partial charge is 0.273 e. The lowest BCUT2D eigenvalue weighted by atomic mass is 9.92. The lowest BCUT2D eigenvalue weighted by molar-refractivity contribution is 0.0927. The number of pyridine rings is 1. The Bertz CT molecular complexity index is 1160. The van der Waals surface area contributed by atoms with Crippen LogP contribution in [0.3, 0.4) is 0 Å². The van der Waals surface area contributed by atoms with Gasteiger partial charge in [0.15, 0.2) is 0 Å². The highest BCUT2D eigenvalue weighted by Gasteiger charge is 2.32. The third-order valence-electron chi connectivity index (χ3n) is 5.40. The second kappa shape index (κ2) is 7.54. The van der Waals surface area contributed by atoms with Gasteiger partial charge in [0.25, 0.3) is 11.8 Å². The van der Waals surface area contributed by atoms with Crippen molar-refractivity contribution in [3.05, 3.63) is 71.2 Å². The molecule has 0 fully saturated rings. The number of rotatable bonds is 3. The van der Waals surface area contributed by atoms with E-state index in [9.17, 15) is 9.59 Å². The molecule has 2 N–H and O–H groups in total. The maximum absolute atomic E-state index is 13.1. The van der Waals surface area contributed by atoms with Crippen molar-refractivity contribution in [3.8, 4) is 0 Å². The van der Waals surface area contributed by atoms with Crippen molar-refractivity contribution in [1.82, 2.24) is 20.1 Å². The maximum Gasteiger partial charge on any atom is 0.273 e. The van der Waals surface area contributed by atoms with Crippen LogP contribution in [-0.4, -0.2) is 33.6 Å². The number of anilines is 2. The summed E-state index contributed by atoms with van der Waals surface area (Å²) in [5.74, 6) is 0.133. The van der Waals surface area contributed by atoms with Gasteiger partial charge in [-0.3, -0.25) is 14.3 Å². The number of hydrogen-bond donors (Lipinski definition) is 2. The number of aromatic nitrogens is 3. The van der Waals surface area contributed by atoms with E-state index < -0.39 is 6.17 Å². The van der Waals surface area contributed by atoms with Gasteiger partial charge in [0.2, 0.25) is 0 Å². The van der Waals surface area contributed by atoms with Crippen LogP contribution in [0.4, 0.5) is 11.5 Å². The molecular formula is C23H26N6O2. The van der Waals surface area contributed by atoms with E-state index in [1.807, 2.05) is 42.3 Å². The molecule has 1 atom stereocenters. The number of benzene rings is 1. The highest BCUT2D eigenvalue weighted by molar-refractivity contribution is 6.04. The van der Waals surface area contributed by atoms with E-state index in [0.717, 1.165) is 11.3 Å². The second-order valence-electron chi connectivity index (χ2n) is 8.69. The number of fused-ring (bicyclic) bond motifs is 1. The first-order chi connectivity index (χ1) is 14.7. The minimum atomic E-state index is -0.469. The van der Waals surface area contributed by atoms with Crippen molar-refractivity contribution in [2.45, 2.75) is 32.4 Å². The van der Waals surface area contributed by atoms with Crippen LogP contribution in [0.2, 0.25) is 0 Å². The van der Waals surface area contributed by atoms with E-state index >= 15 is 0 Å². The van der Waals surface area contributed by atoms with Crippen molar-refractivity contribution in [3.63, 3.8) is 0 Å². The molecule has 0 aliphatic carbocycles. The van der Waals surface area contributed by atoms with Gasteiger partial charge in [0.1, 0.15) is 17.7 Å². The zero-order chi connectivity index (χ0) is 22.3. The van der Waals surface area contributed by atoms with Gasteiger partial charge in [-0.1, -0.05) is 39.0 Å².